The normalized spacial score (nSPS) is 14.7. The van der Waals surface area contributed by atoms with Crippen LogP contribution in [0.15, 0.2) is 36.8 Å². The van der Waals surface area contributed by atoms with Crippen LogP contribution >= 0.6 is 0 Å². The summed E-state index contributed by atoms with van der Waals surface area (Å²) in [5.74, 6) is -1.13. The van der Waals surface area contributed by atoms with E-state index in [4.69, 9.17) is 0 Å². The number of hydrogen-bond acceptors (Lipinski definition) is 5. The molecule has 3 heterocycles. The van der Waals surface area contributed by atoms with Gasteiger partial charge in [0.05, 0.1) is 5.57 Å². The average molecular weight is 415 g/mol. The number of aromatic nitrogens is 5. The Kier molecular flexibility index (Phi) is 4.84. The smallest absolute Gasteiger partial charge is 0.433 e. The van der Waals surface area contributed by atoms with Gasteiger partial charge in [-0.1, -0.05) is 6.07 Å². The predicted octanol–water partition coefficient (Wildman–Crippen LogP) is 4.02. The highest BCUT2D eigenvalue weighted by atomic mass is 19.4. The number of aliphatic carboxylic acids is 1. The lowest BCUT2D eigenvalue weighted by atomic mass is 10.1. The summed E-state index contributed by atoms with van der Waals surface area (Å²) in [5.41, 5.74) is 0.568. The molecular formula is C20H16F3N5O2. The van der Waals surface area contributed by atoms with E-state index in [1.807, 2.05) is 0 Å². The van der Waals surface area contributed by atoms with Crippen LogP contribution in [0.1, 0.15) is 41.4 Å². The maximum atomic E-state index is 13.2. The molecule has 0 saturated heterocycles. The number of rotatable bonds is 5. The molecule has 1 fully saturated rings. The minimum atomic E-state index is -4.59. The number of aryl methyl sites for hydroxylation is 1. The second-order valence-corrected chi connectivity index (χ2v) is 7.02. The molecule has 0 aliphatic heterocycles. The van der Waals surface area contributed by atoms with E-state index < -0.39 is 17.8 Å². The summed E-state index contributed by atoms with van der Waals surface area (Å²) in [7, 11) is 0. The van der Waals surface area contributed by atoms with E-state index in [1.54, 1.807) is 25.1 Å². The van der Waals surface area contributed by atoms with Crippen molar-refractivity contribution < 1.29 is 23.1 Å². The SMILES string of the molecule is Cc1ccc(/C(=C\n2cnc(-c3cc(C4CC4)nc(C(F)(F)F)c3)n2)C(=O)O)cn1. The Hall–Kier alpha value is -3.56. The van der Waals surface area contributed by atoms with Crippen LogP contribution in [0.3, 0.4) is 0 Å². The van der Waals surface area contributed by atoms with Gasteiger partial charge >= 0.3 is 12.1 Å². The van der Waals surface area contributed by atoms with Crippen LogP contribution in [0, 0.1) is 6.92 Å². The van der Waals surface area contributed by atoms with Crippen molar-refractivity contribution in [2.75, 3.05) is 0 Å². The fraction of sp³-hybridized carbons (Fsp3) is 0.250. The number of pyridine rings is 2. The number of hydrogen-bond donors (Lipinski definition) is 1. The van der Waals surface area contributed by atoms with Crippen molar-refractivity contribution in [2.45, 2.75) is 31.9 Å². The summed E-state index contributed by atoms with van der Waals surface area (Å²) in [6.45, 7) is 1.78. The molecule has 4 rings (SSSR count). The average Bonchev–Trinajstić information content (AvgIpc) is 3.44. The summed E-state index contributed by atoms with van der Waals surface area (Å²) in [6.07, 6.45) is 0.906. The standard InChI is InChI=1S/C20H16F3N5O2/c1-11-2-3-13(8-24-11)15(19(29)30)9-28-10-25-18(27-28)14-6-16(12-4-5-12)26-17(7-14)20(21,22)23/h2-3,6-10,12H,4-5H2,1H3,(H,29,30)/b15-9+. The molecule has 3 aromatic rings. The minimum absolute atomic E-state index is 0.0145. The molecule has 7 nitrogen and oxygen atoms in total. The van der Waals surface area contributed by atoms with E-state index in [9.17, 15) is 23.1 Å². The van der Waals surface area contributed by atoms with Gasteiger partial charge in [-0.3, -0.25) is 4.98 Å². The highest BCUT2D eigenvalue weighted by molar-refractivity contribution is 6.19. The monoisotopic (exact) mass is 415 g/mol. The van der Waals surface area contributed by atoms with Gasteiger partial charge in [0.2, 0.25) is 0 Å². The largest absolute Gasteiger partial charge is 0.478 e. The topological polar surface area (TPSA) is 93.8 Å². The van der Waals surface area contributed by atoms with Crippen LogP contribution in [0.25, 0.3) is 23.2 Å². The molecule has 0 radical (unpaired) electrons. The zero-order valence-corrected chi connectivity index (χ0v) is 15.8. The number of nitrogens with zero attached hydrogens (tertiary/aromatic N) is 5. The van der Waals surface area contributed by atoms with Gasteiger partial charge in [0.15, 0.2) is 5.82 Å². The molecule has 0 atom stereocenters. The first-order chi connectivity index (χ1) is 14.2. The fourth-order valence-corrected chi connectivity index (χ4v) is 2.90. The van der Waals surface area contributed by atoms with Crippen molar-refractivity contribution in [3.05, 3.63) is 59.4 Å². The molecule has 30 heavy (non-hydrogen) atoms. The third kappa shape index (κ3) is 4.22. The summed E-state index contributed by atoms with van der Waals surface area (Å²) < 4.78 is 40.9. The van der Waals surface area contributed by atoms with Gasteiger partial charge in [-0.15, -0.1) is 5.10 Å². The molecule has 0 amide bonds. The van der Waals surface area contributed by atoms with Gasteiger partial charge in [0, 0.05) is 40.8 Å². The number of carbonyl (C=O) groups is 1. The van der Waals surface area contributed by atoms with E-state index in [-0.39, 0.29) is 22.9 Å². The van der Waals surface area contributed by atoms with Crippen LogP contribution in [0.4, 0.5) is 13.2 Å². The Bertz CT molecular complexity index is 1130. The van der Waals surface area contributed by atoms with E-state index in [2.05, 4.69) is 20.1 Å². The second kappa shape index (κ2) is 7.36. The number of alkyl halides is 3. The lowest BCUT2D eigenvalue weighted by Gasteiger charge is -2.09. The number of halogens is 3. The Morgan fingerprint density at radius 1 is 1.23 bits per heavy atom. The van der Waals surface area contributed by atoms with E-state index in [1.165, 1.54) is 18.7 Å². The van der Waals surface area contributed by atoms with E-state index >= 15 is 0 Å². The fourth-order valence-electron chi connectivity index (χ4n) is 2.90. The van der Waals surface area contributed by atoms with Crippen LogP contribution < -0.4 is 0 Å². The molecule has 0 spiro atoms. The highest BCUT2D eigenvalue weighted by Crippen LogP contribution is 2.41. The van der Waals surface area contributed by atoms with Crippen LogP contribution in [-0.2, 0) is 11.0 Å². The summed E-state index contributed by atoms with van der Waals surface area (Å²) in [5, 5.41) is 13.7. The zero-order valence-electron chi connectivity index (χ0n) is 15.8. The Balaban J connectivity index is 1.71. The second-order valence-electron chi connectivity index (χ2n) is 7.02. The van der Waals surface area contributed by atoms with Gasteiger partial charge in [0.1, 0.15) is 12.0 Å². The molecule has 10 heteroatoms. The highest BCUT2D eigenvalue weighted by Gasteiger charge is 2.35. The first kappa shape index (κ1) is 19.7. The molecule has 0 aromatic carbocycles. The van der Waals surface area contributed by atoms with Crippen molar-refractivity contribution >= 4 is 17.7 Å². The lowest BCUT2D eigenvalue weighted by Crippen LogP contribution is -2.10. The first-order valence-corrected chi connectivity index (χ1v) is 9.09. The Morgan fingerprint density at radius 2 is 2.00 bits per heavy atom. The third-order valence-corrected chi connectivity index (χ3v) is 4.61. The number of carboxylic acid groups (broad SMARTS) is 1. The van der Waals surface area contributed by atoms with Crippen molar-refractivity contribution in [3.8, 4) is 11.4 Å². The van der Waals surface area contributed by atoms with Gasteiger partial charge in [-0.25, -0.2) is 19.4 Å². The van der Waals surface area contributed by atoms with Crippen molar-refractivity contribution in [2.24, 2.45) is 0 Å². The molecule has 1 aliphatic carbocycles. The van der Waals surface area contributed by atoms with Crippen LogP contribution in [-0.4, -0.2) is 35.8 Å². The van der Waals surface area contributed by atoms with Crippen molar-refractivity contribution in [1.29, 1.82) is 0 Å². The third-order valence-electron chi connectivity index (χ3n) is 4.61. The van der Waals surface area contributed by atoms with E-state index in [0.717, 1.165) is 29.3 Å². The molecule has 0 bridgehead atoms. The van der Waals surface area contributed by atoms with Crippen LogP contribution in [0.5, 0.6) is 0 Å². The van der Waals surface area contributed by atoms with Gasteiger partial charge in [-0.2, -0.15) is 13.2 Å². The molecule has 1 aliphatic rings. The van der Waals surface area contributed by atoms with Gasteiger partial charge in [0.25, 0.3) is 0 Å². The van der Waals surface area contributed by atoms with E-state index in [0.29, 0.717) is 11.3 Å². The lowest BCUT2D eigenvalue weighted by molar-refractivity contribution is -0.141. The van der Waals surface area contributed by atoms with Gasteiger partial charge in [-0.05, 0) is 38.0 Å². The first-order valence-electron chi connectivity index (χ1n) is 9.09. The molecular weight excluding hydrogens is 399 g/mol. The molecule has 3 aromatic heterocycles. The quantitative estimate of drug-likeness (QED) is 0.633. The number of carboxylic acids is 1. The Morgan fingerprint density at radius 3 is 2.60 bits per heavy atom. The van der Waals surface area contributed by atoms with Crippen LogP contribution in [0.2, 0.25) is 0 Å². The molecule has 1 N–H and O–H groups in total. The minimum Gasteiger partial charge on any atom is -0.478 e. The van der Waals surface area contributed by atoms with Crippen molar-refractivity contribution in [1.82, 2.24) is 24.7 Å². The van der Waals surface area contributed by atoms with Crippen molar-refractivity contribution in [3.63, 3.8) is 0 Å². The molecule has 1 saturated carbocycles. The Labute approximate surface area is 168 Å². The summed E-state index contributed by atoms with van der Waals surface area (Å²) in [6, 6.07) is 5.74. The predicted molar refractivity (Wildman–Crippen MR) is 101 cm³/mol. The molecule has 154 valence electrons. The summed E-state index contributed by atoms with van der Waals surface area (Å²) in [4.78, 5) is 23.5. The molecule has 0 unspecified atom stereocenters. The van der Waals surface area contributed by atoms with Gasteiger partial charge < -0.3 is 5.11 Å². The maximum Gasteiger partial charge on any atom is 0.433 e. The maximum absolute atomic E-state index is 13.2. The summed E-state index contributed by atoms with van der Waals surface area (Å²) >= 11 is 0. The zero-order chi connectivity index (χ0) is 21.5.